The zero-order chi connectivity index (χ0) is 11.5. The van der Waals surface area contributed by atoms with E-state index in [2.05, 4.69) is 22.9 Å². The van der Waals surface area contributed by atoms with E-state index in [1.807, 2.05) is 12.1 Å². The van der Waals surface area contributed by atoms with Gasteiger partial charge in [0, 0.05) is 11.4 Å². The smallest absolute Gasteiger partial charge is 0.123 e. The minimum Gasteiger partial charge on any atom is -0.378 e. The highest BCUT2D eigenvalue weighted by atomic mass is 79.9. The molecule has 3 unspecified atom stereocenters. The topological polar surface area (TPSA) is 9.23 Å². The summed E-state index contributed by atoms with van der Waals surface area (Å²) in [6.45, 7) is 2.98. The van der Waals surface area contributed by atoms with Gasteiger partial charge in [-0.05, 0) is 43.4 Å². The third-order valence-electron chi connectivity index (χ3n) is 3.24. The molecular weight excluding hydrogens is 271 g/mol. The van der Waals surface area contributed by atoms with E-state index in [4.69, 9.17) is 4.74 Å². The van der Waals surface area contributed by atoms with Gasteiger partial charge >= 0.3 is 0 Å². The molecule has 3 atom stereocenters. The summed E-state index contributed by atoms with van der Waals surface area (Å²) in [7, 11) is 0. The molecule has 0 N–H and O–H groups in total. The maximum Gasteiger partial charge on any atom is 0.123 e. The first-order chi connectivity index (χ1) is 7.66. The molecule has 0 saturated carbocycles. The fourth-order valence-electron chi connectivity index (χ4n) is 2.22. The monoisotopic (exact) mass is 286 g/mol. The van der Waals surface area contributed by atoms with E-state index in [9.17, 15) is 4.39 Å². The summed E-state index contributed by atoms with van der Waals surface area (Å²) < 4.78 is 18.3. The highest BCUT2D eigenvalue weighted by Gasteiger charge is 2.30. The lowest BCUT2D eigenvalue weighted by Crippen LogP contribution is -2.23. The molecule has 16 heavy (non-hydrogen) atoms. The van der Waals surface area contributed by atoms with Gasteiger partial charge in [0.1, 0.15) is 5.82 Å². The van der Waals surface area contributed by atoms with Gasteiger partial charge in [0.05, 0.1) is 6.10 Å². The Morgan fingerprint density at radius 1 is 1.44 bits per heavy atom. The van der Waals surface area contributed by atoms with Crippen molar-refractivity contribution in [2.45, 2.75) is 30.7 Å². The predicted molar refractivity (Wildman–Crippen MR) is 66.3 cm³/mol. The number of alkyl halides is 1. The second kappa shape index (κ2) is 5.28. The SMILES string of the molecule is CC1OCCC1C(Br)Cc1ccc(F)cc1. The van der Waals surface area contributed by atoms with Gasteiger partial charge in [-0.15, -0.1) is 0 Å². The highest BCUT2D eigenvalue weighted by Crippen LogP contribution is 2.30. The normalized spacial score (nSPS) is 26.9. The Labute approximate surface area is 104 Å². The van der Waals surface area contributed by atoms with Crippen LogP contribution in [0.25, 0.3) is 0 Å². The Bertz CT molecular complexity index is 338. The molecule has 2 rings (SSSR count). The van der Waals surface area contributed by atoms with Crippen molar-refractivity contribution in [3.8, 4) is 0 Å². The van der Waals surface area contributed by atoms with Crippen LogP contribution in [0.2, 0.25) is 0 Å². The Morgan fingerprint density at radius 3 is 2.69 bits per heavy atom. The van der Waals surface area contributed by atoms with Gasteiger partial charge in [0.2, 0.25) is 0 Å². The van der Waals surface area contributed by atoms with Gasteiger partial charge < -0.3 is 4.74 Å². The average molecular weight is 287 g/mol. The van der Waals surface area contributed by atoms with Gasteiger partial charge in [-0.3, -0.25) is 0 Å². The summed E-state index contributed by atoms with van der Waals surface area (Å²) in [5.41, 5.74) is 1.17. The lowest BCUT2D eigenvalue weighted by molar-refractivity contribution is 0.105. The summed E-state index contributed by atoms with van der Waals surface area (Å²) in [6.07, 6.45) is 2.36. The molecule has 1 aromatic rings. The third-order valence-corrected chi connectivity index (χ3v) is 4.25. The maximum absolute atomic E-state index is 12.8. The minimum atomic E-state index is -0.174. The van der Waals surface area contributed by atoms with Crippen LogP contribution in [-0.4, -0.2) is 17.5 Å². The zero-order valence-electron chi connectivity index (χ0n) is 9.33. The number of rotatable bonds is 3. The van der Waals surface area contributed by atoms with Gasteiger partial charge in [-0.25, -0.2) is 4.39 Å². The lowest BCUT2D eigenvalue weighted by atomic mass is 9.94. The van der Waals surface area contributed by atoms with E-state index >= 15 is 0 Å². The van der Waals surface area contributed by atoms with Crippen molar-refractivity contribution in [2.75, 3.05) is 6.61 Å². The molecule has 1 nitrogen and oxygen atoms in total. The first-order valence-electron chi connectivity index (χ1n) is 5.67. The highest BCUT2D eigenvalue weighted by molar-refractivity contribution is 9.09. The second-order valence-corrected chi connectivity index (χ2v) is 5.55. The number of ether oxygens (including phenoxy) is 1. The molecular formula is C13H16BrFO. The molecule has 0 spiro atoms. The van der Waals surface area contributed by atoms with E-state index in [1.165, 1.54) is 17.7 Å². The van der Waals surface area contributed by atoms with Gasteiger partial charge in [-0.2, -0.15) is 0 Å². The average Bonchev–Trinajstić information content (AvgIpc) is 2.68. The Morgan fingerprint density at radius 2 is 2.12 bits per heavy atom. The summed E-state index contributed by atoms with van der Waals surface area (Å²) >= 11 is 3.73. The molecule has 3 heteroatoms. The molecule has 1 aliphatic heterocycles. The quantitative estimate of drug-likeness (QED) is 0.772. The molecule has 88 valence electrons. The van der Waals surface area contributed by atoms with E-state index in [0.29, 0.717) is 16.8 Å². The van der Waals surface area contributed by atoms with E-state index in [1.54, 1.807) is 0 Å². The number of benzene rings is 1. The van der Waals surface area contributed by atoms with Crippen LogP contribution in [0.1, 0.15) is 18.9 Å². The Kier molecular flexibility index (Phi) is 3.98. The molecule has 0 bridgehead atoms. The van der Waals surface area contributed by atoms with Crippen LogP contribution in [0.15, 0.2) is 24.3 Å². The largest absolute Gasteiger partial charge is 0.378 e. The fraction of sp³-hybridized carbons (Fsp3) is 0.538. The molecule has 1 aromatic carbocycles. The molecule has 0 aromatic heterocycles. The van der Waals surface area contributed by atoms with E-state index in [0.717, 1.165) is 19.4 Å². The standard InChI is InChI=1S/C13H16BrFO/c1-9-12(6-7-16-9)13(14)8-10-2-4-11(15)5-3-10/h2-5,9,12-13H,6-8H2,1H3. The van der Waals surface area contributed by atoms with Crippen LogP contribution in [-0.2, 0) is 11.2 Å². The number of hydrogen-bond donors (Lipinski definition) is 0. The van der Waals surface area contributed by atoms with Crippen molar-refractivity contribution in [2.24, 2.45) is 5.92 Å². The predicted octanol–water partition coefficient (Wildman–Crippen LogP) is 3.56. The molecule has 0 amide bonds. The van der Waals surface area contributed by atoms with Crippen molar-refractivity contribution < 1.29 is 9.13 Å². The minimum absolute atomic E-state index is 0.174. The van der Waals surface area contributed by atoms with Gasteiger partial charge in [-0.1, -0.05) is 28.1 Å². The second-order valence-electron chi connectivity index (χ2n) is 4.38. The first-order valence-corrected chi connectivity index (χ1v) is 6.58. The maximum atomic E-state index is 12.8. The third kappa shape index (κ3) is 2.83. The van der Waals surface area contributed by atoms with Crippen LogP contribution >= 0.6 is 15.9 Å². The molecule has 0 radical (unpaired) electrons. The van der Waals surface area contributed by atoms with Crippen LogP contribution in [0, 0.1) is 11.7 Å². The van der Waals surface area contributed by atoms with Crippen molar-refractivity contribution in [1.29, 1.82) is 0 Å². The molecule has 1 aliphatic rings. The summed E-state index contributed by atoms with van der Waals surface area (Å²) in [6, 6.07) is 6.74. The molecule has 1 heterocycles. The number of hydrogen-bond acceptors (Lipinski definition) is 1. The van der Waals surface area contributed by atoms with Crippen LogP contribution in [0.3, 0.4) is 0 Å². The van der Waals surface area contributed by atoms with E-state index in [-0.39, 0.29) is 5.82 Å². The van der Waals surface area contributed by atoms with Crippen molar-refractivity contribution in [1.82, 2.24) is 0 Å². The van der Waals surface area contributed by atoms with Crippen LogP contribution in [0.5, 0.6) is 0 Å². The van der Waals surface area contributed by atoms with E-state index < -0.39 is 0 Å². The Hall–Kier alpha value is -0.410. The van der Waals surface area contributed by atoms with Gasteiger partial charge in [0.15, 0.2) is 0 Å². The first kappa shape index (κ1) is 12.1. The molecule has 0 aliphatic carbocycles. The Balaban J connectivity index is 1.96. The van der Waals surface area contributed by atoms with Crippen LogP contribution in [0.4, 0.5) is 4.39 Å². The summed E-state index contributed by atoms with van der Waals surface area (Å²) in [5.74, 6) is 0.387. The fourth-order valence-corrected chi connectivity index (χ4v) is 3.29. The number of halogens is 2. The molecule has 1 fully saturated rings. The van der Waals surface area contributed by atoms with Crippen LogP contribution < -0.4 is 0 Å². The van der Waals surface area contributed by atoms with Crippen molar-refractivity contribution in [3.63, 3.8) is 0 Å². The summed E-state index contributed by atoms with van der Waals surface area (Å²) in [4.78, 5) is 0.412. The molecule has 1 saturated heterocycles. The summed E-state index contributed by atoms with van der Waals surface area (Å²) in [5, 5.41) is 0. The van der Waals surface area contributed by atoms with Crippen molar-refractivity contribution in [3.05, 3.63) is 35.6 Å². The lowest BCUT2D eigenvalue weighted by Gasteiger charge is -2.20. The van der Waals surface area contributed by atoms with Crippen molar-refractivity contribution >= 4 is 15.9 Å². The van der Waals surface area contributed by atoms with Gasteiger partial charge in [0.25, 0.3) is 0 Å². The zero-order valence-corrected chi connectivity index (χ0v) is 10.9.